The molecule has 22 heavy (non-hydrogen) atoms. The molecule has 1 heterocycles. The van der Waals surface area contributed by atoms with Gasteiger partial charge in [0.1, 0.15) is 0 Å². The highest BCUT2D eigenvalue weighted by Crippen LogP contribution is 2.17. The van der Waals surface area contributed by atoms with Gasteiger partial charge in [-0.1, -0.05) is 36.7 Å². The second-order valence-corrected chi connectivity index (χ2v) is 8.25. The summed E-state index contributed by atoms with van der Waals surface area (Å²) in [6.07, 6.45) is 2.69. The molecule has 0 N–H and O–H groups in total. The van der Waals surface area contributed by atoms with E-state index in [9.17, 15) is 8.42 Å². The summed E-state index contributed by atoms with van der Waals surface area (Å²) in [5.41, 5.74) is 1.19. The van der Waals surface area contributed by atoms with Crippen molar-refractivity contribution in [3.63, 3.8) is 0 Å². The molecule has 4 nitrogen and oxygen atoms in total. The smallest absolute Gasteiger partial charge is 0.214 e. The van der Waals surface area contributed by atoms with Gasteiger partial charge in [0, 0.05) is 31.2 Å². The second-order valence-electron chi connectivity index (χ2n) is 5.75. The van der Waals surface area contributed by atoms with Gasteiger partial charge in [0.25, 0.3) is 0 Å². The predicted molar refractivity (Wildman–Crippen MR) is 91.9 cm³/mol. The molecule has 124 valence electrons. The van der Waals surface area contributed by atoms with Crippen LogP contribution in [0.4, 0.5) is 0 Å². The summed E-state index contributed by atoms with van der Waals surface area (Å²) in [5, 5.41) is 0.831. The van der Waals surface area contributed by atoms with Gasteiger partial charge in [-0.3, -0.25) is 0 Å². The van der Waals surface area contributed by atoms with Crippen LogP contribution in [0.15, 0.2) is 24.3 Å². The number of sulfonamides is 1. The fourth-order valence-corrected chi connectivity index (χ4v) is 4.54. The number of rotatable bonds is 7. The molecule has 0 spiro atoms. The van der Waals surface area contributed by atoms with Crippen molar-refractivity contribution in [3.8, 4) is 0 Å². The van der Waals surface area contributed by atoms with Crippen molar-refractivity contribution < 1.29 is 8.42 Å². The molecule has 0 saturated carbocycles. The fraction of sp³-hybridized carbons (Fsp3) is 0.625. The first-order valence-corrected chi connectivity index (χ1v) is 9.95. The van der Waals surface area contributed by atoms with Gasteiger partial charge in [0.15, 0.2) is 0 Å². The van der Waals surface area contributed by atoms with Crippen molar-refractivity contribution in [2.75, 3.05) is 38.5 Å². The zero-order valence-corrected chi connectivity index (χ0v) is 14.7. The molecular weight excluding hydrogens is 320 g/mol. The lowest BCUT2D eigenvalue weighted by Crippen LogP contribution is -2.49. The number of aryl methyl sites for hydroxylation is 1. The van der Waals surface area contributed by atoms with Gasteiger partial charge >= 0.3 is 0 Å². The molecule has 1 saturated heterocycles. The van der Waals surface area contributed by atoms with E-state index in [0.717, 1.165) is 37.5 Å². The molecule has 0 unspecified atom stereocenters. The Morgan fingerprint density at radius 2 is 1.82 bits per heavy atom. The third kappa shape index (κ3) is 4.95. The van der Waals surface area contributed by atoms with Crippen LogP contribution in [0.25, 0.3) is 0 Å². The average molecular weight is 345 g/mol. The van der Waals surface area contributed by atoms with E-state index in [4.69, 9.17) is 11.6 Å². The second kappa shape index (κ2) is 8.29. The molecule has 1 aliphatic rings. The minimum Gasteiger partial charge on any atom is -0.301 e. The lowest BCUT2D eigenvalue weighted by molar-refractivity contribution is 0.187. The van der Waals surface area contributed by atoms with Crippen LogP contribution in [-0.4, -0.2) is 56.1 Å². The fourth-order valence-electron chi connectivity index (χ4n) is 2.81. The van der Waals surface area contributed by atoms with E-state index in [1.165, 1.54) is 5.56 Å². The van der Waals surface area contributed by atoms with E-state index >= 15 is 0 Å². The topological polar surface area (TPSA) is 40.6 Å². The minimum absolute atomic E-state index is 0.263. The quantitative estimate of drug-likeness (QED) is 0.763. The molecule has 0 amide bonds. The monoisotopic (exact) mass is 344 g/mol. The van der Waals surface area contributed by atoms with Crippen LogP contribution in [0.5, 0.6) is 0 Å². The van der Waals surface area contributed by atoms with Crippen LogP contribution in [0.1, 0.15) is 25.3 Å². The SMILES string of the molecule is CCCS(=O)(=O)N1CCN(CCCc2ccccc2Cl)CC1. The maximum atomic E-state index is 12.0. The average Bonchev–Trinajstić information content (AvgIpc) is 2.50. The largest absolute Gasteiger partial charge is 0.301 e. The third-order valence-corrected chi connectivity index (χ3v) is 6.51. The molecule has 0 bridgehead atoms. The highest BCUT2D eigenvalue weighted by molar-refractivity contribution is 7.89. The zero-order chi connectivity index (χ0) is 16.0. The summed E-state index contributed by atoms with van der Waals surface area (Å²) in [6.45, 7) is 5.79. The third-order valence-electron chi connectivity index (χ3n) is 4.07. The Balaban J connectivity index is 1.73. The normalized spacial score (nSPS) is 17.7. The number of hydrogen-bond acceptors (Lipinski definition) is 3. The maximum Gasteiger partial charge on any atom is 0.214 e. The van der Waals surface area contributed by atoms with E-state index in [2.05, 4.69) is 11.0 Å². The number of piperazine rings is 1. The van der Waals surface area contributed by atoms with Gasteiger partial charge in [0.05, 0.1) is 5.75 Å². The molecular formula is C16H25ClN2O2S. The van der Waals surface area contributed by atoms with Crippen LogP contribution < -0.4 is 0 Å². The van der Waals surface area contributed by atoms with Crippen LogP contribution in [0, 0.1) is 0 Å². The van der Waals surface area contributed by atoms with Gasteiger partial charge in [-0.25, -0.2) is 8.42 Å². The van der Waals surface area contributed by atoms with E-state index in [-0.39, 0.29) is 5.75 Å². The van der Waals surface area contributed by atoms with Gasteiger partial charge < -0.3 is 4.90 Å². The lowest BCUT2D eigenvalue weighted by Gasteiger charge is -2.34. The molecule has 0 aromatic heterocycles. The lowest BCUT2D eigenvalue weighted by atomic mass is 10.1. The summed E-state index contributed by atoms with van der Waals surface area (Å²) in [6, 6.07) is 7.95. The zero-order valence-electron chi connectivity index (χ0n) is 13.2. The molecule has 2 rings (SSSR count). The van der Waals surface area contributed by atoms with Gasteiger partial charge in [-0.15, -0.1) is 0 Å². The van der Waals surface area contributed by atoms with Crippen molar-refractivity contribution in [3.05, 3.63) is 34.9 Å². The van der Waals surface area contributed by atoms with E-state index in [1.807, 2.05) is 25.1 Å². The molecule has 6 heteroatoms. The maximum absolute atomic E-state index is 12.0. The Hall–Kier alpha value is -0.620. The molecule has 1 aromatic rings. The molecule has 1 aliphatic heterocycles. The van der Waals surface area contributed by atoms with Crippen LogP contribution in [0.3, 0.4) is 0 Å². The Morgan fingerprint density at radius 3 is 2.45 bits per heavy atom. The summed E-state index contributed by atoms with van der Waals surface area (Å²) >= 11 is 6.16. The summed E-state index contributed by atoms with van der Waals surface area (Å²) in [5.74, 6) is 0.263. The van der Waals surface area contributed by atoms with Gasteiger partial charge in [-0.05, 0) is 37.4 Å². The van der Waals surface area contributed by atoms with Gasteiger partial charge in [0.2, 0.25) is 10.0 Å². The predicted octanol–water partition coefficient (Wildman–Crippen LogP) is 2.63. The minimum atomic E-state index is -3.04. The summed E-state index contributed by atoms with van der Waals surface area (Å²) in [4.78, 5) is 2.34. The number of nitrogens with zero attached hydrogens (tertiary/aromatic N) is 2. The Kier molecular flexibility index (Phi) is 6.68. The van der Waals surface area contributed by atoms with E-state index in [1.54, 1.807) is 4.31 Å². The van der Waals surface area contributed by atoms with Crippen molar-refractivity contribution in [1.29, 1.82) is 0 Å². The Labute approximate surface area is 139 Å². The van der Waals surface area contributed by atoms with Crippen LogP contribution in [-0.2, 0) is 16.4 Å². The summed E-state index contributed by atoms with van der Waals surface area (Å²) < 4.78 is 25.7. The number of hydrogen-bond donors (Lipinski definition) is 0. The number of benzene rings is 1. The van der Waals surface area contributed by atoms with E-state index in [0.29, 0.717) is 19.5 Å². The van der Waals surface area contributed by atoms with Crippen LogP contribution >= 0.6 is 11.6 Å². The van der Waals surface area contributed by atoms with Crippen LogP contribution in [0.2, 0.25) is 5.02 Å². The standard InChI is InChI=1S/C16H25ClN2O2S/c1-2-14-22(20,21)19-12-10-18(11-13-19)9-5-7-15-6-3-4-8-16(15)17/h3-4,6,8H,2,5,7,9-14H2,1H3. The molecule has 1 fully saturated rings. The molecule has 0 aliphatic carbocycles. The Bertz CT molecular complexity index is 569. The first-order chi connectivity index (χ1) is 10.5. The summed E-state index contributed by atoms with van der Waals surface area (Å²) in [7, 11) is -3.04. The first-order valence-electron chi connectivity index (χ1n) is 7.96. The number of halogens is 1. The van der Waals surface area contributed by atoms with Crippen molar-refractivity contribution in [2.45, 2.75) is 26.2 Å². The van der Waals surface area contributed by atoms with Crippen molar-refractivity contribution >= 4 is 21.6 Å². The first kappa shape index (κ1) is 17.7. The molecule has 0 radical (unpaired) electrons. The van der Waals surface area contributed by atoms with Gasteiger partial charge in [-0.2, -0.15) is 4.31 Å². The van der Waals surface area contributed by atoms with Crippen molar-refractivity contribution in [2.24, 2.45) is 0 Å². The molecule has 0 atom stereocenters. The Morgan fingerprint density at radius 1 is 1.14 bits per heavy atom. The highest BCUT2D eigenvalue weighted by Gasteiger charge is 2.25. The highest BCUT2D eigenvalue weighted by atomic mass is 35.5. The van der Waals surface area contributed by atoms with Crippen molar-refractivity contribution in [1.82, 2.24) is 9.21 Å². The van der Waals surface area contributed by atoms with E-state index < -0.39 is 10.0 Å². The molecule has 1 aromatic carbocycles.